The van der Waals surface area contributed by atoms with E-state index in [9.17, 15) is 43.2 Å². The van der Waals surface area contributed by atoms with Gasteiger partial charge in [-0.2, -0.15) is 0 Å². The number of phosphoric acid groups is 2. The Kier molecular flexibility index (Phi) is 65.0. The standard InChI is InChI=1S/C74H140O17P2/c1-6-9-12-15-17-19-21-23-25-26-27-28-29-31-33-35-40-44-49-54-59-74(79)91-70(64-85-72(77)58-53-48-43-39-34-32-30-24-22-20-18-16-13-10-7-2)66-89-93(82,83)87-62-68(75)61-86-92(80,81)88-65-69(63-84-71(76)57-52-46-14-11-8-3)90-73(78)60-55-50-45-41-37-36-38-42-47-51-56-67(4)5/h20,22,24,30,67-70,75H,6-19,21,23,25-29,31-66H2,1-5H3,(H,80,81)(H,82,83)/b22-20-,30-24-/t68-,69+,70+/m0/s1. The van der Waals surface area contributed by atoms with Crippen molar-refractivity contribution in [2.45, 2.75) is 380 Å². The van der Waals surface area contributed by atoms with E-state index in [0.29, 0.717) is 25.7 Å². The van der Waals surface area contributed by atoms with Crippen molar-refractivity contribution < 1.29 is 80.2 Å². The monoisotopic (exact) mass is 1360 g/mol. The fourth-order valence-electron chi connectivity index (χ4n) is 10.8. The van der Waals surface area contributed by atoms with E-state index in [2.05, 4.69) is 58.9 Å². The Morgan fingerprint density at radius 3 is 0.882 bits per heavy atom. The van der Waals surface area contributed by atoms with E-state index in [0.717, 1.165) is 121 Å². The van der Waals surface area contributed by atoms with Crippen LogP contribution in [-0.2, 0) is 65.4 Å². The van der Waals surface area contributed by atoms with Gasteiger partial charge >= 0.3 is 39.5 Å². The number of aliphatic hydroxyl groups excluding tert-OH is 1. The van der Waals surface area contributed by atoms with Crippen molar-refractivity contribution in [2.24, 2.45) is 5.92 Å². The van der Waals surface area contributed by atoms with Crippen molar-refractivity contribution >= 4 is 39.5 Å². The number of ether oxygens (including phenoxy) is 4. The summed E-state index contributed by atoms with van der Waals surface area (Å²) in [5.74, 6) is -1.41. The number of carbonyl (C=O) groups excluding carboxylic acids is 4. The highest BCUT2D eigenvalue weighted by Crippen LogP contribution is 2.45. The minimum atomic E-state index is -4.96. The summed E-state index contributed by atoms with van der Waals surface area (Å²) < 4.78 is 68.2. The molecule has 0 heterocycles. The fourth-order valence-corrected chi connectivity index (χ4v) is 12.4. The molecule has 0 spiro atoms. The van der Waals surface area contributed by atoms with Gasteiger partial charge in [-0.15, -0.1) is 0 Å². The van der Waals surface area contributed by atoms with Crippen LogP contribution in [0.4, 0.5) is 0 Å². The van der Waals surface area contributed by atoms with Crippen LogP contribution in [0.5, 0.6) is 0 Å². The average molecular weight is 1360 g/mol. The second-order valence-corrected chi connectivity index (χ2v) is 29.4. The SMILES string of the molecule is CCCCCC/C=C\C=C/CCCCCCCC(=O)OC[C@H](COP(=O)(O)OC[C@@H](O)COP(=O)(O)OC[C@@H](COC(=O)CCCCCCC)OC(=O)CCCCCCCCCCCCC(C)C)OC(=O)CCCCCCCCCCCCCCCCCCCCCC. The van der Waals surface area contributed by atoms with E-state index in [4.69, 9.17) is 37.0 Å². The van der Waals surface area contributed by atoms with E-state index in [1.807, 2.05) is 0 Å². The molecule has 0 saturated carbocycles. The van der Waals surface area contributed by atoms with Crippen molar-refractivity contribution in [2.75, 3.05) is 39.6 Å². The highest BCUT2D eigenvalue weighted by molar-refractivity contribution is 7.47. The molecule has 0 aromatic carbocycles. The van der Waals surface area contributed by atoms with Crippen LogP contribution in [0.3, 0.4) is 0 Å². The molecule has 0 aromatic rings. The van der Waals surface area contributed by atoms with Crippen molar-refractivity contribution in [3.63, 3.8) is 0 Å². The van der Waals surface area contributed by atoms with Gasteiger partial charge in [0.25, 0.3) is 0 Å². The fraction of sp³-hybridized carbons (Fsp3) is 0.892. The second-order valence-electron chi connectivity index (χ2n) is 26.5. The van der Waals surface area contributed by atoms with Crippen LogP contribution in [0, 0.1) is 5.92 Å². The van der Waals surface area contributed by atoms with Crippen LogP contribution in [0.15, 0.2) is 24.3 Å². The summed E-state index contributed by atoms with van der Waals surface area (Å²) in [4.78, 5) is 72.4. The van der Waals surface area contributed by atoms with Gasteiger partial charge in [-0.3, -0.25) is 37.3 Å². The van der Waals surface area contributed by atoms with Crippen molar-refractivity contribution in [3.05, 3.63) is 24.3 Å². The van der Waals surface area contributed by atoms with Gasteiger partial charge in [-0.1, -0.05) is 309 Å². The topological polar surface area (TPSA) is 237 Å². The van der Waals surface area contributed by atoms with E-state index in [1.165, 1.54) is 161 Å². The molecular weight excluding hydrogens is 1220 g/mol. The van der Waals surface area contributed by atoms with E-state index >= 15 is 0 Å². The number of esters is 4. The third kappa shape index (κ3) is 67.9. The summed E-state index contributed by atoms with van der Waals surface area (Å²) in [6, 6.07) is 0. The lowest BCUT2D eigenvalue weighted by Gasteiger charge is -2.21. The molecular formula is C74H140O17P2. The normalized spacial score (nSPS) is 14.2. The molecule has 3 N–H and O–H groups in total. The molecule has 17 nitrogen and oxygen atoms in total. The molecule has 0 fully saturated rings. The van der Waals surface area contributed by atoms with E-state index in [1.54, 1.807) is 0 Å². The molecule has 0 aliphatic heterocycles. The predicted molar refractivity (Wildman–Crippen MR) is 377 cm³/mol. The van der Waals surface area contributed by atoms with E-state index < -0.39 is 97.5 Å². The molecule has 2 unspecified atom stereocenters. The average Bonchev–Trinajstić information content (AvgIpc) is 2.00. The quantitative estimate of drug-likeness (QED) is 0.0169. The Bertz CT molecular complexity index is 1880. The largest absolute Gasteiger partial charge is 0.472 e. The number of rotatable bonds is 72. The smallest absolute Gasteiger partial charge is 0.462 e. The molecule has 0 aromatic heterocycles. The lowest BCUT2D eigenvalue weighted by molar-refractivity contribution is -0.161. The maximum Gasteiger partial charge on any atom is 0.472 e. The first-order valence-corrected chi connectivity index (χ1v) is 40.9. The summed E-state index contributed by atoms with van der Waals surface area (Å²) >= 11 is 0. The van der Waals surface area contributed by atoms with Gasteiger partial charge in [0.2, 0.25) is 0 Å². The van der Waals surface area contributed by atoms with Crippen LogP contribution in [0.1, 0.15) is 362 Å². The number of hydrogen-bond donors (Lipinski definition) is 3. The van der Waals surface area contributed by atoms with Crippen molar-refractivity contribution in [3.8, 4) is 0 Å². The maximum atomic E-state index is 13.1. The first-order valence-electron chi connectivity index (χ1n) is 38.0. The third-order valence-corrected chi connectivity index (χ3v) is 18.6. The Hall–Kier alpha value is -2.46. The molecule has 0 saturated heterocycles. The first kappa shape index (κ1) is 90.5. The second kappa shape index (κ2) is 66.8. The zero-order valence-electron chi connectivity index (χ0n) is 59.9. The Morgan fingerprint density at radius 2 is 0.581 bits per heavy atom. The maximum absolute atomic E-state index is 13.1. The highest BCUT2D eigenvalue weighted by Gasteiger charge is 2.30. The summed E-state index contributed by atoms with van der Waals surface area (Å²) in [6.45, 7) is 7.10. The number of carbonyl (C=O) groups is 4. The molecule has 0 radical (unpaired) electrons. The van der Waals surface area contributed by atoms with Gasteiger partial charge in [0.1, 0.15) is 19.3 Å². The van der Waals surface area contributed by atoms with Gasteiger partial charge in [-0.05, 0) is 57.3 Å². The zero-order valence-corrected chi connectivity index (χ0v) is 61.7. The minimum absolute atomic E-state index is 0.102. The highest BCUT2D eigenvalue weighted by atomic mass is 31.2. The van der Waals surface area contributed by atoms with Crippen molar-refractivity contribution in [1.82, 2.24) is 0 Å². The van der Waals surface area contributed by atoms with Crippen LogP contribution in [0.25, 0.3) is 0 Å². The van der Waals surface area contributed by atoms with Gasteiger partial charge in [0, 0.05) is 25.7 Å². The molecule has 0 amide bonds. The summed E-state index contributed by atoms with van der Waals surface area (Å²) in [7, 11) is -9.91. The minimum Gasteiger partial charge on any atom is -0.462 e. The number of phosphoric ester groups is 2. The van der Waals surface area contributed by atoms with Gasteiger partial charge in [0.15, 0.2) is 12.2 Å². The van der Waals surface area contributed by atoms with Crippen molar-refractivity contribution in [1.29, 1.82) is 0 Å². The molecule has 0 bridgehead atoms. The Morgan fingerprint density at radius 1 is 0.333 bits per heavy atom. The molecule has 548 valence electrons. The predicted octanol–water partition coefficient (Wildman–Crippen LogP) is 21.2. The van der Waals surface area contributed by atoms with Crippen LogP contribution < -0.4 is 0 Å². The van der Waals surface area contributed by atoms with Gasteiger partial charge in [-0.25, -0.2) is 9.13 Å². The molecule has 0 aliphatic rings. The zero-order chi connectivity index (χ0) is 68.4. The van der Waals surface area contributed by atoms with Gasteiger partial charge in [0.05, 0.1) is 26.4 Å². The lowest BCUT2D eigenvalue weighted by Crippen LogP contribution is -2.30. The molecule has 93 heavy (non-hydrogen) atoms. The third-order valence-electron chi connectivity index (χ3n) is 16.7. The summed E-state index contributed by atoms with van der Waals surface area (Å²) in [6.07, 6.45) is 58.2. The Balaban J connectivity index is 5.17. The molecule has 19 heteroatoms. The van der Waals surface area contributed by atoms with Crippen LogP contribution >= 0.6 is 15.6 Å². The number of aliphatic hydroxyl groups is 1. The molecule has 0 aliphatic carbocycles. The summed E-state index contributed by atoms with van der Waals surface area (Å²) in [5.41, 5.74) is 0. The van der Waals surface area contributed by atoms with Crippen LogP contribution in [-0.4, -0.2) is 96.7 Å². The van der Waals surface area contributed by atoms with Gasteiger partial charge < -0.3 is 33.8 Å². The van der Waals surface area contributed by atoms with E-state index in [-0.39, 0.29) is 25.7 Å². The number of allylic oxidation sites excluding steroid dienone is 4. The molecule has 5 atom stereocenters. The number of unbranched alkanes of at least 4 members (excludes halogenated alkanes) is 41. The first-order chi connectivity index (χ1) is 45.0. The van der Waals surface area contributed by atoms with Crippen LogP contribution in [0.2, 0.25) is 0 Å². The lowest BCUT2D eigenvalue weighted by atomic mass is 10.0. The molecule has 0 rings (SSSR count). The Labute approximate surface area is 567 Å². The number of hydrogen-bond acceptors (Lipinski definition) is 15. The summed E-state index contributed by atoms with van der Waals surface area (Å²) in [5, 5.41) is 10.6.